The number of methoxy groups -OCH3 is 2. The van der Waals surface area contributed by atoms with Gasteiger partial charge in [0.25, 0.3) is 0 Å². The molecule has 0 fully saturated rings. The fourth-order valence-electron chi connectivity index (χ4n) is 0.892. The highest BCUT2D eigenvalue weighted by atomic mass is 28.1. The Labute approximate surface area is 84.4 Å². The zero-order valence-corrected chi connectivity index (χ0v) is 10.0. The molecule has 0 aliphatic rings. The molecule has 13 heavy (non-hydrogen) atoms. The molecule has 2 N–H and O–H groups in total. The van der Waals surface area contributed by atoms with Crippen molar-refractivity contribution >= 4 is 10.2 Å². The van der Waals surface area contributed by atoms with Crippen LogP contribution in [0.3, 0.4) is 0 Å². The Bertz CT molecular complexity index is 147. The number of nitrogens with two attached hydrogens (primary N) is 1. The van der Waals surface area contributed by atoms with E-state index in [4.69, 9.17) is 15.2 Å². The van der Waals surface area contributed by atoms with Gasteiger partial charge >= 0.3 is 0 Å². The van der Waals surface area contributed by atoms with Crippen LogP contribution in [0, 0.1) is 5.41 Å². The molecule has 0 heterocycles. The minimum Gasteiger partial charge on any atom is -0.358 e. The molecule has 3 radical (unpaired) electrons. The predicted octanol–water partition coefficient (Wildman–Crippen LogP) is 0.867. The smallest absolute Gasteiger partial charge is 0.143 e. The Morgan fingerprint density at radius 3 is 1.92 bits per heavy atom. The molecule has 0 aromatic carbocycles. The number of rotatable bonds is 6. The van der Waals surface area contributed by atoms with Crippen LogP contribution in [0.15, 0.2) is 0 Å². The molecule has 0 aliphatic carbocycles. The average molecular weight is 202 g/mol. The largest absolute Gasteiger partial charge is 0.358 e. The quantitative estimate of drug-likeness (QED) is 0.513. The van der Waals surface area contributed by atoms with E-state index < -0.39 is 5.41 Å². The Morgan fingerprint density at radius 1 is 1.15 bits per heavy atom. The third kappa shape index (κ3) is 4.76. The molecule has 0 aliphatic heterocycles. The second-order valence-electron chi connectivity index (χ2n) is 4.03. The van der Waals surface area contributed by atoms with E-state index >= 15 is 0 Å². The zero-order valence-electron chi connectivity index (χ0n) is 9.02. The Hall–Kier alpha value is 0.0969. The van der Waals surface area contributed by atoms with Crippen LogP contribution in [0.4, 0.5) is 0 Å². The Kier molecular flexibility index (Phi) is 5.13. The van der Waals surface area contributed by atoms with E-state index in [1.54, 1.807) is 14.2 Å². The second kappa shape index (κ2) is 5.10. The van der Waals surface area contributed by atoms with Crippen LogP contribution in [-0.4, -0.2) is 36.4 Å². The van der Waals surface area contributed by atoms with Crippen molar-refractivity contribution in [3.8, 4) is 0 Å². The molecule has 0 saturated carbocycles. The molecule has 0 unspecified atom stereocenters. The van der Waals surface area contributed by atoms with Gasteiger partial charge in [-0.15, -0.1) is 0 Å². The topological polar surface area (TPSA) is 44.5 Å². The first kappa shape index (κ1) is 13.1. The summed E-state index contributed by atoms with van der Waals surface area (Å²) >= 11 is 0. The van der Waals surface area contributed by atoms with Gasteiger partial charge in [0.1, 0.15) is 15.7 Å². The van der Waals surface area contributed by atoms with E-state index in [-0.39, 0.29) is 5.41 Å². The molecule has 0 amide bonds. The minimum absolute atomic E-state index is 0.134. The maximum atomic E-state index is 5.62. The zero-order chi connectivity index (χ0) is 10.5. The van der Waals surface area contributed by atoms with Gasteiger partial charge < -0.3 is 15.2 Å². The van der Waals surface area contributed by atoms with Crippen LogP contribution in [0.2, 0.25) is 0 Å². The van der Waals surface area contributed by atoms with Crippen molar-refractivity contribution in [2.75, 3.05) is 20.8 Å². The summed E-state index contributed by atoms with van der Waals surface area (Å²) in [5.74, 6) is 0. The highest BCUT2D eigenvalue weighted by Gasteiger charge is 2.26. The summed E-state index contributed by atoms with van der Waals surface area (Å²) in [4.78, 5) is 0. The molecule has 0 rings (SSSR count). The van der Waals surface area contributed by atoms with Gasteiger partial charge in [0.05, 0.1) is 0 Å². The molecular weight excluding hydrogens is 182 g/mol. The molecule has 77 valence electrons. The van der Waals surface area contributed by atoms with Crippen molar-refractivity contribution < 1.29 is 9.47 Å². The molecule has 3 nitrogen and oxygen atoms in total. The Balaban J connectivity index is 3.99. The summed E-state index contributed by atoms with van der Waals surface area (Å²) in [5, 5.41) is 0. The molecule has 0 saturated heterocycles. The van der Waals surface area contributed by atoms with Crippen molar-refractivity contribution in [1.29, 1.82) is 0 Å². The van der Waals surface area contributed by atoms with E-state index in [0.717, 1.165) is 12.8 Å². The summed E-state index contributed by atoms with van der Waals surface area (Å²) in [6, 6.07) is 0. The molecular formula is C9H20NO2Si. The summed E-state index contributed by atoms with van der Waals surface area (Å²) in [7, 11) is 6.67. The highest BCUT2D eigenvalue weighted by molar-refractivity contribution is 6.13. The van der Waals surface area contributed by atoms with Gasteiger partial charge in [-0.25, -0.2) is 0 Å². The lowest BCUT2D eigenvalue weighted by molar-refractivity contribution is -0.149. The number of hydrogen-bond acceptors (Lipinski definition) is 3. The first-order valence-corrected chi connectivity index (χ1v) is 4.94. The molecule has 4 heteroatoms. The van der Waals surface area contributed by atoms with E-state index in [1.165, 1.54) is 0 Å². The van der Waals surface area contributed by atoms with Gasteiger partial charge in [0.15, 0.2) is 0 Å². The first-order chi connectivity index (χ1) is 5.89. The van der Waals surface area contributed by atoms with Crippen LogP contribution < -0.4 is 5.73 Å². The van der Waals surface area contributed by atoms with Gasteiger partial charge in [-0.3, -0.25) is 0 Å². The normalized spacial score (nSPS) is 13.4. The van der Waals surface area contributed by atoms with Crippen LogP contribution in [0.25, 0.3) is 0 Å². The standard InChI is InChI=1S/C9H20NO2Si/c1-8(2,7-10)5-6-9(13,11-3)12-4/h5-7,10H2,1-4H3. The summed E-state index contributed by atoms with van der Waals surface area (Å²) in [5.41, 5.74) is 5.09. The first-order valence-electron chi connectivity index (χ1n) is 4.44. The molecule has 0 aromatic heterocycles. The van der Waals surface area contributed by atoms with Crippen molar-refractivity contribution in [1.82, 2.24) is 0 Å². The van der Waals surface area contributed by atoms with Crippen LogP contribution >= 0.6 is 0 Å². The molecule has 0 aromatic rings. The maximum absolute atomic E-state index is 5.62. The molecule has 0 bridgehead atoms. The summed E-state index contributed by atoms with van der Waals surface area (Å²) in [6.07, 6.45) is 1.73. The SMILES string of the molecule is COC([Si])(CCC(C)(C)CN)OC. The van der Waals surface area contributed by atoms with E-state index in [0.29, 0.717) is 6.54 Å². The summed E-state index contributed by atoms with van der Waals surface area (Å²) in [6.45, 7) is 4.93. The lowest BCUT2D eigenvalue weighted by Gasteiger charge is -2.31. The predicted molar refractivity (Wildman–Crippen MR) is 54.6 cm³/mol. The van der Waals surface area contributed by atoms with E-state index in [9.17, 15) is 0 Å². The van der Waals surface area contributed by atoms with Crippen LogP contribution in [-0.2, 0) is 9.47 Å². The lowest BCUT2D eigenvalue weighted by atomic mass is 9.88. The minimum atomic E-state index is -0.660. The fourth-order valence-corrected chi connectivity index (χ4v) is 1.02. The molecule has 0 spiro atoms. The van der Waals surface area contributed by atoms with Crippen molar-refractivity contribution in [2.24, 2.45) is 11.1 Å². The van der Waals surface area contributed by atoms with Crippen LogP contribution in [0.5, 0.6) is 0 Å². The lowest BCUT2D eigenvalue weighted by Crippen LogP contribution is -2.36. The van der Waals surface area contributed by atoms with Gasteiger partial charge in [0.2, 0.25) is 0 Å². The molecule has 0 atom stereocenters. The monoisotopic (exact) mass is 202 g/mol. The van der Waals surface area contributed by atoms with Crippen molar-refractivity contribution in [3.63, 3.8) is 0 Å². The highest BCUT2D eigenvalue weighted by Crippen LogP contribution is 2.25. The third-order valence-electron chi connectivity index (χ3n) is 2.34. The maximum Gasteiger partial charge on any atom is 0.143 e. The van der Waals surface area contributed by atoms with Crippen LogP contribution in [0.1, 0.15) is 26.7 Å². The van der Waals surface area contributed by atoms with E-state index in [2.05, 4.69) is 24.1 Å². The number of ether oxygens (including phenoxy) is 2. The second-order valence-corrected chi connectivity index (χ2v) is 4.79. The van der Waals surface area contributed by atoms with Gasteiger partial charge in [-0.2, -0.15) is 0 Å². The number of hydrogen-bond donors (Lipinski definition) is 1. The van der Waals surface area contributed by atoms with Crippen molar-refractivity contribution in [3.05, 3.63) is 0 Å². The fraction of sp³-hybridized carbons (Fsp3) is 1.00. The van der Waals surface area contributed by atoms with E-state index in [1.807, 2.05) is 0 Å². The van der Waals surface area contributed by atoms with Gasteiger partial charge in [-0.05, 0) is 24.8 Å². The Morgan fingerprint density at radius 2 is 1.62 bits per heavy atom. The van der Waals surface area contributed by atoms with Gasteiger partial charge in [0, 0.05) is 14.2 Å². The van der Waals surface area contributed by atoms with Gasteiger partial charge in [-0.1, -0.05) is 13.8 Å². The average Bonchev–Trinajstić information content (AvgIpc) is 2.14. The third-order valence-corrected chi connectivity index (χ3v) is 3.00. The van der Waals surface area contributed by atoms with Crippen molar-refractivity contribution in [2.45, 2.75) is 32.1 Å². The summed E-state index contributed by atoms with van der Waals surface area (Å²) < 4.78 is 10.4.